The maximum absolute atomic E-state index is 2.73. The van der Waals surface area contributed by atoms with Crippen molar-refractivity contribution < 1.29 is 0 Å². The van der Waals surface area contributed by atoms with E-state index in [1.54, 1.807) is 33.0 Å². The average molecular weight is 659 g/mol. The molecule has 0 atom stereocenters. The second-order valence-electron chi connectivity index (χ2n) is 14.5. The van der Waals surface area contributed by atoms with Gasteiger partial charge in [-0.2, -0.15) is 0 Å². The van der Waals surface area contributed by atoms with Crippen LogP contribution in [0.25, 0.3) is 53.6 Å². The molecule has 2 aliphatic heterocycles. The molecule has 0 fully saturated rings. The van der Waals surface area contributed by atoms with Gasteiger partial charge in [0.1, 0.15) is 0 Å². The third-order valence-electron chi connectivity index (χ3n) is 11.4. The lowest BCUT2D eigenvalue weighted by atomic mass is 9.70. The van der Waals surface area contributed by atoms with E-state index < -0.39 is 0 Å². The number of hydrogen-bond donors (Lipinski definition) is 0. The van der Waals surface area contributed by atoms with E-state index in [-0.39, 0.29) is 5.41 Å². The zero-order chi connectivity index (χ0) is 32.4. The van der Waals surface area contributed by atoms with Gasteiger partial charge in [-0.15, -0.1) is 22.7 Å². The van der Waals surface area contributed by atoms with Gasteiger partial charge >= 0.3 is 0 Å². The maximum atomic E-state index is 2.73. The molecule has 5 aliphatic rings. The van der Waals surface area contributed by atoms with Crippen molar-refractivity contribution in [1.29, 1.82) is 0 Å². The first-order valence-corrected chi connectivity index (χ1v) is 20.9. The van der Waals surface area contributed by atoms with Crippen LogP contribution in [0.1, 0.15) is 140 Å². The topological polar surface area (TPSA) is 0 Å². The van der Waals surface area contributed by atoms with Gasteiger partial charge in [-0.05, 0) is 140 Å². The molecule has 0 nitrogen and oxygen atoms in total. The lowest BCUT2D eigenvalue weighted by Crippen LogP contribution is -2.25. The lowest BCUT2D eigenvalue weighted by molar-refractivity contribution is 0.415. The molecule has 2 heteroatoms. The highest BCUT2D eigenvalue weighted by Crippen LogP contribution is 2.59. The minimum Gasteiger partial charge on any atom is -0.144 e. The summed E-state index contributed by atoms with van der Waals surface area (Å²) in [5.41, 5.74) is 12.6. The Morgan fingerprint density at radius 3 is 1.34 bits per heavy atom. The van der Waals surface area contributed by atoms with Crippen molar-refractivity contribution in [2.45, 2.75) is 136 Å². The predicted molar refractivity (Wildman–Crippen MR) is 211 cm³/mol. The first-order valence-electron chi connectivity index (χ1n) is 19.1. The predicted octanol–water partition coefficient (Wildman–Crippen LogP) is 15.2. The first kappa shape index (κ1) is 32.8. The van der Waals surface area contributed by atoms with E-state index in [1.165, 1.54) is 146 Å². The van der Waals surface area contributed by atoms with Crippen LogP contribution in [0.4, 0.5) is 0 Å². The molecule has 2 heterocycles. The average Bonchev–Trinajstić information content (AvgIpc) is 3.68. The Bertz CT molecular complexity index is 1760. The lowest BCUT2D eigenvalue weighted by Gasteiger charge is -2.33. The normalized spacial score (nSPS) is 13.8. The standard InChI is InChI=1S/C45H54S2/c1-5-9-13-15-19-31-37-29-41-39(27-35(37)33-21-17-25-46-43(31)33)40-28-36-34-22-18-26-47-44(34)32(20-16-14-10-6-2)38(36)30-42(40)45(41,23-11-7-3)24-12-8-4/h17-18,21-22,25-30H,5-16,19-20,23-24H2,1-4H3. The van der Waals surface area contributed by atoms with Gasteiger partial charge in [-0.1, -0.05) is 116 Å². The molecule has 0 radical (unpaired) electrons. The first-order chi connectivity index (χ1) is 23.2. The summed E-state index contributed by atoms with van der Waals surface area (Å²) in [6.45, 7) is 9.42. The molecule has 2 aromatic carbocycles. The summed E-state index contributed by atoms with van der Waals surface area (Å²) in [6, 6.07) is 20.1. The minimum absolute atomic E-state index is 0.0950. The molecule has 0 amide bonds. The number of unbranched alkanes of at least 4 members (excludes halogenated alkanes) is 8. The molecule has 0 N–H and O–H groups in total. The Kier molecular flexibility index (Phi) is 10.1. The molecule has 0 saturated carbocycles. The highest BCUT2D eigenvalue weighted by atomic mass is 32.1. The van der Waals surface area contributed by atoms with Crippen LogP contribution >= 0.6 is 22.7 Å². The zero-order valence-corrected chi connectivity index (χ0v) is 31.0. The van der Waals surface area contributed by atoms with Gasteiger partial charge in [0.05, 0.1) is 0 Å². The molecule has 0 unspecified atom stereocenters. The van der Waals surface area contributed by atoms with Crippen molar-refractivity contribution in [2.24, 2.45) is 0 Å². The van der Waals surface area contributed by atoms with Gasteiger partial charge < -0.3 is 0 Å². The van der Waals surface area contributed by atoms with Crippen molar-refractivity contribution in [3.05, 3.63) is 81.5 Å². The fourth-order valence-electron chi connectivity index (χ4n) is 9.00. The van der Waals surface area contributed by atoms with Crippen LogP contribution in [0.15, 0.2) is 59.3 Å². The molecule has 47 heavy (non-hydrogen) atoms. The van der Waals surface area contributed by atoms with E-state index >= 15 is 0 Å². The van der Waals surface area contributed by atoms with E-state index in [0.717, 1.165) is 0 Å². The third kappa shape index (κ3) is 5.76. The van der Waals surface area contributed by atoms with E-state index in [9.17, 15) is 0 Å². The summed E-state index contributed by atoms with van der Waals surface area (Å²) in [4.78, 5) is 3.06. The van der Waals surface area contributed by atoms with Gasteiger partial charge in [0.15, 0.2) is 0 Å². The van der Waals surface area contributed by atoms with Crippen molar-refractivity contribution in [1.82, 2.24) is 0 Å². The van der Waals surface area contributed by atoms with E-state index in [0.29, 0.717) is 0 Å². The third-order valence-corrected chi connectivity index (χ3v) is 13.4. The van der Waals surface area contributed by atoms with E-state index in [1.807, 2.05) is 22.7 Å². The van der Waals surface area contributed by atoms with Crippen molar-refractivity contribution >= 4 is 44.2 Å². The van der Waals surface area contributed by atoms with Crippen LogP contribution < -0.4 is 0 Å². The van der Waals surface area contributed by atoms with Crippen LogP contribution in [0, 0.1) is 0 Å². The van der Waals surface area contributed by atoms with Crippen LogP contribution in [-0.2, 0) is 18.3 Å². The SMILES string of the molecule is CCCCCCc1c2scccc-2c2cc3c(cc12)C(CCCC)(CCCC)c1cc2c(CCCCCC)c4scccc-4c2cc1-3. The summed E-state index contributed by atoms with van der Waals surface area (Å²) < 4.78 is 0. The second-order valence-corrected chi connectivity index (χ2v) is 16.3. The van der Waals surface area contributed by atoms with Gasteiger partial charge in [-0.3, -0.25) is 0 Å². The van der Waals surface area contributed by atoms with Gasteiger partial charge in [-0.25, -0.2) is 0 Å². The van der Waals surface area contributed by atoms with Crippen molar-refractivity contribution in [3.63, 3.8) is 0 Å². The van der Waals surface area contributed by atoms with E-state index in [2.05, 4.69) is 87.0 Å². The smallest absolute Gasteiger partial charge is 0.0386 e. The Morgan fingerprint density at radius 1 is 0.468 bits per heavy atom. The highest BCUT2D eigenvalue weighted by molar-refractivity contribution is 7.14. The molecule has 0 bridgehead atoms. The van der Waals surface area contributed by atoms with Crippen molar-refractivity contribution in [2.75, 3.05) is 0 Å². The van der Waals surface area contributed by atoms with Crippen LogP contribution in [0.3, 0.4) is 0 Å². The van der Waals surface area contributed by atoms with Crippen LogP contribution in [0.5, 0.6) is 0 Å². The quantitative estimate of drug-likeness (QED) is 0.0908. The molecule has 0 spiro atoms. The second kappa shape index (κ2) is 14.4. The summed E-state index contributed by atoms with van der Waals surface area (Å²) in [5, 5.41) is 10.7. The summed E-state index contributed by atoms with van der Waals surface area (Å²) in [6.07, 6.45) is 20.5. The molecule has 0 aromatic heterocycles. The number of rotatable bonds is 16. The van der Waals surface area contributed by atoms with Crippen LogP contribution in [-0.4, -0.2) is 0 Å². The molecule has 2 aromatic rings. The highest BCUT2D eigenvalue weighted by Gasteiger charge is 2.43. The number of hydrogen-bond acceptors (Lipinski definition) is 2. The van der Waals surface area contributed by atoms with Gasteiger partial charge in [0.25, 0.3) is 0 Å². The molecular formula is C45H54S2. The molecule has 246 valence electrons. The Labute approximate surface area is 292 Å². The molecule has 7 rings (SSSR count). The van der Waals surface area contributed by atoms with E-state index in [4.69, 9.17) is 0 Å². The monoisotopic (exact) mass is 658 g/mol. The number of aryl methyl sites for hydroxylation is 2. The summed E-state index contributed by atoms with van der Waals surface area (Å²) in [5.74, 6) is 0. The fraction of sp³-hybridized carbons (Fsp3) is 0.467. The molecular weight excluding hydrogens is 605 g/mol. The van der Waals surface area contributed by atoms with Gasteiger partial charge in [0, 0.05) is 15.2 Å². The summed E-state index contributed by atoms with van der Waals surface area (Å²) in [7, 11) is 0. The summed E-state index contributed by atoms with van der Waals surface area (Å²) >= 11 is 3.92. The minimum atomic E-state index is 0.0950. The Morgan fingerprint density at radius 2 is 0.915 bits per heavy atom. The van der Waals surface area contributed by atoms with Crippen LogP contribution in [0.2, 0.25) is 0 Å². The largest absolute Gasteiger partial charge is 0.144 e. The Hall–Kier alpha value is -2.68. The fourth-order valence-corrected chi connectivity index (χ4v) is 10.9. The maximum Gasteiger partial charge on any atom is 0.0386 e. The van der Waals surface area contributed by atoms with Gasteiger partial charge in [0.2, 0.25) is 0 Å². The Balaban J connectivity index is 1.48. The molecule has 3 aliphatic carbocycles. The van der Waals surface area contributed by atoms with Crippen molar-refractivity contribution in [3.8, 4) is 32.0 Å². The zero-order valence-electron chi connectivity index (χ0n) is 29.4. The number of benzene rings is 2. The number of fused-ring (bicyclic) bond motifs is 9. The molecule has 0 saturated heterocycles.